The summed E-state index contributed by atoms with van der Waals surface area (Å²) in [7, 11) is -3.34. The summed E-state index contributed by atoms with van der Waals surface area (Å²) in [5, 5.41) is 0. The summed E-state index contributed by atoms with van der Waals surface area (Å²) in [6.07, 6.45) is 1.55. The van der Waals surface area contributed by atoms with Gasteiger partial charge in [-0.25, -0.2) is 0 Å². The molecule has 15 heavy (non-hydrogen) atoms. The molecular weight excluding hydrogens is 212 g/mol. The van der Waals surface area contributed by atoms with E-state index in [4.69, 9.17) is 0 Å². The fraction of sp³-hybridized carbons (Fsp3) is 0.273. The Balaban J connectivity index is 2.45. The minimum atomic E-state index is -3.34. The van der Waals surface area contributed by atoms with Gasteiger partial charge in [-0.15, -0.1) is 0 Å². The summed E-state index contributed by atoms with van der Waals surface area (Å²) in [4.78, 5) is 0. The van der Waals surface area contributed by atoms with Crippen molar-refractivity contribution in [1.82, 2.24) is 0 Å². The highest BCUT2D eigenvalue weighted by molar-refractivity contribution is 7.85. The van der Waals surface area contributed by atoms with Crippen molar-refractivity contribution in [2.45, 2.75) is 6.42 Å². The van der Waals surface area contributed by atoms with Crippen LogP contribution in [0.1, 0.15) is 12.0 Å². The lowest BCUT2D eigenvalue weighted by Gasteiger charge is -2.05. The van der Waals surface area contributed by atoms with E-state index in [2.05, 4.69) is 10.8 Å². The van der Waals surface area contributed by atoms with Crippen molar-refractivity contribution in [2.75, 3.05) is 12.9 Å². The Kier molecular flexibility index (Phi) is 4.05. The fourth-order valence-electron chi connectivity index (χ4n) is 1.13. The van der Waals surface area contributed by atoms with E-state index in [1.807, 2.05) is 30.3 Å². The van der Waals surface area contributed by atoms with E-state index >= 15 is 0 Å². The zero-order valence-corrected chi connectivity index (χ0v) is 9.46. The summed E-state index contributed by atoms with van der Waals surface area (Å²) in [6.45, 7) is 4.02. The van der Waals surface area contributed by atoms with Crippen LogP contribution in [-0.4, -0.2) is 21.3 Å². The molecule has 1 aromatic rings. The van der Waals surface area contributed by atoms with Gasteiger partial charge in [0, 0.05) is 0 Å². The molecule has 0 aromatic heterocycles. The van der Waals surface area contributed by atoms with Crippen LogP contribution in [0.15, 0.2) is 36.9 Å². The van der Waals surface area contributed by atoms with Crippen molar-refractivity contribution in [3.05, 3.63) is 42.5 Å². The lowest BCUT2D eigenvalue weighted by molar-refractivity contribution is 0.330. The standard InChI is InChI=1S/C11H14O3S/c1-10(8-9-14-15(2,12)13)11-6-4-3-5-7-11/h3-7H,1,8-9H2,2H3. The van der Waals surface area contributed by atoms with Crippen molar-refractivity contribution in [2.24, 2.45) is 0 Å². The first kappa shape index (κ1) is 11.9. The van der Waals surface area contributed by atoms with Crippen molar-refractivity contribution >= 4 is 15.7 Å². The molecule has 0 heterocycles. The summed E-state index contributed by atoms with van der Waals surface area (Å²) in [6, 6.07) is 9.62. The minimum Gasteiger partial charge on any atom is -0.270 e. The van der Waals surface area contributed by atoms with Crippen LogP contribution in [0.25, 0.3) is 5.57 Å². The third-order valence-corrected chi connectivity index (χ3v) is 2.48. The first-order valence-corrected chi connectivity index (χ1v) is 6.38. The largest absolute Gasteiger partial charge is 0.270 e. The highest BCUT2D eigenvalue weighted by Gasteiger charge is 2.03. The number of hydrogen-bond donors (Lipinski definition) is 0. The van der Waals surface area contributed by atoms with Gasteiger partial charge in [-0.05, 0) is 17.6 Å². The number of benzene rings is 1. The molecule has 0 aliphatic heterocycles. The highest BCUT2D eigenvalue weighted by Crippen LogP contribution is 2.15. The smallest absolute Gasteiger partial charge is 0.264 e. The van der Waals surface area contributed by atoms with Crippen LogP contribution in [0.4, 0.5) is 0 Å². The lowest BCUT2D eigenvalue weighted by Crippen LogP contribution is -2.04. The van der Waals surface area contributed by atoms with Gasteiger partial charge in [-0.3, -0.25) is 4.18 Å². The predicted molar refractivity (Wildman–Crippen MR) is 60.9 cm³/mol. The molecule has 1 aromatic carbocycles. The van der Waals surface area contributed by atoms with Crippen molar-refractivity contribution in [1.29, 1.82) is 0 Å². The second-order valence-corrected chi connectivity index (χ2v) is 4.89. The van der Waals surface area contributed by atoms with E-state index in [0.29, 0.717) is 6.42 Å². The molecule has 0 spiro atoms. The molecule has 0 saturated carbocycles. The van der Waals surface area contributed by atoms with Crippen molar-refractivity contribution < 1.29 is 12.6 Å². The van der Waals surface area contributed by atoms with Crippen LogP contribution in [0.3, 0.4) is 0 Å². The third kappa shape index (κ3) is 4.76. The molecule has 0 amide bonds. The quantitative estimate of drug-likeness (QED) is 0.722. The summed E-state index contributed by atoms with van der Waals surface area (Å²) >= 11 is 0. The van der Waals surface area contributed by atoms with Gasteiger partial charge in [0.05, 0.1) is 12.9 Å². The van der Waals surface area contributed by atoms with Gasteiger partial charge in [-0.2, -0.15) is 8.42 Å². The van der Waals surface area contributed by atoms with E-state index in [-0.39, 0.29) is 6.61 Å². The van der Waals surface area contributed by atoms with Gasteiger partial charge in [0.15, 0.2) is 0 Å². The Hall–Kier alpha value is -1.13. The SMILES string of the molecule is C=C(CCOS(C)(=O)=O)c1ccccc1. The second-order valence-electron chi connectivity index (χ2n) is 3.25. The van der Waals surface area contributed by atoms with Crippen LogP contribution in [0.5, 0.6) is 0 Å². The molecule has 0 unspecified atom stereocenters. The fourth-order valence-corrected chi connectivity index (χ4v) is 1.52. The first-order chi connectivity index (χ1) is 6.99. The predicted octanol–water partition coefficient (Wildman–Crippen LogP) is 2.07. The molecule has 0 atom stereocenters. The maximum Gasteiger partial charge on any atom is 0.264 e. The average Bonchev–Trinajstić information content (AvgIpc) is 2.17. The number of hydrogen-bond acceptors (Lipinski definition) is 3. The van der Waals surface area contributed by atoms with Crippen LogP contribution >= 0.6 is 0 Å². The molecule has 1 rings (SSSR count). The van der Waals surface area contributed by atoms with E-state index in [9.17, 15) is 8.42 Å². The summed E-state index contributed by atoms with van der Waals surface area (Å²) in [5.74, 6) is 0. The zero-order chi connectivity index (χ0) is 11.3. The van der Waals surface area contributed by atoms with Gasteiger partial charge in [0.2, 0.25) is 0 Å². The lowest BCUT2D eigenvalue weighted by atomic mass is 10.1. The summed E-state index contributed by atoms with van der Waals surface area (Å²) in [5.41, 5.74) is 1.88. The molecule has 0 saturated heterocycles. The normalized spacial score (nSPS) is 11.3. The van der Waals surface area contributed by atoms with E-state index in [1.54, 1.807) is 0 Å². The molecule has 0 fully saturated rings. The molecule has 0 N–H and O–H groups in total. The van der Waals surface area contributed by atoms with E-state index in [0.717, 1.165) is 17.4 Å². The average molecular weight is 226 g/mol. The molecule has 82 valence electrons. The Labute approximate surface area is 90.5 Å². The maximum atomic E-state index is 10.7. The Bertz CT molecular complexity index is 420. The van der Waals surface area contributed by atoms with Gasteiger partial charge in [0.25, 0.3) is 10.1 Å². The Morgan fingerprint density at radius 1 is 1.33 bits per heavy atom. The molecule has 0 aliphatic rings. The van der Waals surface area contributed by atoms with Crippen LogP contribution in [-0.2, 0) is 14.3 Å². The minimum absolute atomic E-state index is 0.145. The van der Waals surface area contributed by atoms with Gasteiger partial charge in [0.1, 0.15) is 0 Å². The van der Waals surface area contributed by atoms with Crippen LogP contribution in [0, 0.1) is 0 Å². The Morgan fingerprint density at radius 2 is 1.93 bits per heavy atom. The van der Waals surface area contributed by atoms with Gasteiger partial charge >= 0.3 is 0 Å². The summed E-state index contributed by atoms with van der Waals surface area (Å²) < 4.78 is 26.0. The van der Waals surface area contributed by atoms with E-state index in [1.165, 1.54) is 0 Å². The van der Waals surface area contributed by atoms with Crippen LogP contribution < -0.4 is 0 Å². The zero-order valence-electron chi connectivity index (χ0n) is 8.64. The molecule has 0 bridgehead atoms. The van der Waals surface area contributed by atoms with Gasteiger partial charge in [-0.1, -0.05) is 36.9 Å². The van der Waals surface area contributed by atoms with Crippen molar-refractivity contribution in [3.63, 3.8) is 0 Å². The molecule has 4 heteroatoms. The third-order valence-electron chi connectivity index (χ3n) is 1.88. The highest BCUT2D eigenvalue weighted by atomic mass is 32.2. The second kappa shape index (κ2) is 5.09. The first-order valence-electron chi connectivity index (χ1n) is 4.56. The molecule has 0 radical (unpaired) electrons. The molecule has 0 aliphatic carbocycles. The maximum absolute atomic E-state index is 10.7. The molecule has 3 nitrogen and oxygen atoms in total. The topological polar surface area (TPSA) is 43.4 Å². The van der Waals surface area contributed by atoms with Gasteiger partial charge < -0.3 is 0 Å². The van der Waals surface area contributed by atoms with E-state index < -0.39 is 10.1 Å². The van der Waals surface area contributed by atoms with Crippen LogP contribution in [0.2, 0.25) is 0 Å². The monoisotopic (exact) mass is 226 g/mol. The molecular formula is C11H14O3S. The van der Waals surface area contributed by atoms with Crippen molar-refractivity contribution in [3.8, 4) is 0 Å². The number of rotatable bonds is 5. The Morgan fingerprint density at radius 3 is 2.47 bits per heavy atom.